The highest BCUT2D eigenvalue weighted by Crippen LogP contribution is 2.39. The van der Waals surface area contributed by atoms with Crippen LogP contribution in [0.3, 0.4) is 0 Å². The molecule has 2 heterocycles. The van der Waals surface area contributed by atoms with Crippen LogP contribution in [0.2, 0.25) is 10.0 Å². The van der Waals surface area contributed by atoms with Crippen LogP contribution in [0.1, 0.15) is 6.42 Å². The van der Waals surface area contributed by atoms with E-state index in [1.165, 1.54) is 30.1 Å². The lowest BCUT2D eigenvalue weighted by Crippen LogP contribution is -2.36. The normalized spacial score (nSPS) is 15.4. The first-order chi connectivity index (χ1) is 18.3. The van der Waals surface area contributed by atoms with E-state index in [0.717, 1.165) is 12.1 Å². The van der Waals surface area contributed by atoms with Gasteiger partial charge < -0.3 is 15.0 Å². The third-order valence-corrected chi connectivity index (χ3v) is 7.59. The molecule has 1 aliphatic heterocycles. The van der Waals surface area contributed by atoms with Gasteiger partial charge in [0.2, 0.25) is 0 Å². The second kappa shape index (κ2) is 11.3. The number of nitrogens with zero attached hydrogens (tertiary/aromatic N) is 3. The van der Waals surface area contributed by atoms with Crippen LogP contribution in [0.5, 0.6) is 0 Å². The molecular weight excluding hydrogens is 619 g/mol. The third kappa shape index (κ3) is 6.89. The van der Waals surface area contributed by atoms with Crippen molar-refractivity contribution in [2.75, 3.05) is 23.1 Å². The minimum absolute atomic E-state index is 0.0399. The van der Waals surface area contributed by atoms with Crippen LogP contribution in [0.15, 0.2) is 35.4 Å². The molecule has 0 bridgehead atoms. The zero-order valence-corrected chi connectivity index (χ0v) is 22.2. The first-order valence-corrected chi connectivity index (χ1v) is 12.9. The number of carbonyl (C=O) groups is 1. The second-order valence-corrected chi connectivity index (χ2v) is 10.7. The quantitative estimate of drug-likeness (QED) is 0.344. The summed E-state index contributed by atoms with van der Waals surface area (Å²) in [5.41, 5.74) is -0.543. The number of anilines is 3. The van der Waals surface area contributed by atoms with Gasteiger partial charge in [-0.1, -0.05) is 23.2 Å². The molecule has 0 spiro atoms. The Balaban J connectivity index is 0.000000559. The van der Waals surface area contributed by atoms with Gasteiger partial charge in [-0.3, -0.25) is 9.52 Å². The van der Waals surface area contributed by atoms with Gasteiger partial charge in [0.1, 0.15) is 5.82 Å². The number of aryl methyl sites for hydroxylation is 1. The van der Waals surface area contributed by atoms with Gasteiger partial charge in [-0.05, 0) is 24.3 Å². The van der Waals surface area contributed by atoms with Crippen molar-refractivity contribution >= 4 is 67.3 Å². The van der Waals surface area contributed by atoms with Gasteiger partial charge in [0, 0.05) is 20.0 Å². The average Bonchev–Trinajstić information content (AvgIpc) is 3.22. The first-order valence-electron chi connectivity index (χ1n) is 10.7. The van der Waals surface area contributed by atoms with Crippen LogP contribution in [0, 0.1) is 5.82 Å². The van der Waals surface area contributed by atoms with E-state index in [4.69, 9.17) is 33.1 Å². The number of alkyl halides is 5. The van der Waals surface area contributed by atoms with E-state index in [2.05, 4.69) is 15.0 Å². The van der Waals surface area contributed by atoms with Crippen molar-refractivity contribution in [3.05, 3.63) is 56.8 Å². The molecule has 0 radical (unpaired) electrons. The summed E-state index contributed by atoms with van der Waals surface area (Å²) in [6, 6.07) is 4.96. The zero-order valence-electron chi connectivity index (χ0n) is 19.9. The van der Waals surface area contributed by atoms with Crippen molar-refractivity contribution in [3.63, 3.8) is 0 Å². The Bertz CT molecular complexity index is 1630. The van der Waals surface area contributed by atoms with Crippen molar-refractivity contribution in [1.29, 1.82) is 0 Å². The largest absolute Gasteiger partial charge is 0.490 e. The lowest BCUT2D eigenvalue weighted by Gasteiger charge is -2.19. The highest BCUT2D eigenvalue weighted by atomic mass is 35.5. The van der Waals surface area contributed by atoms with Gasteiger partial charge in [0.15, 0.2) is 0 Å². The topological polar surface area (TPSA) is 134 Å². The van der Waals surface area contributed by atoms with E-state index < -0.39 is 52.6 Å². The second-order valence-electron chi connectivity index (χ2n) is 8.24. The molecule has 40 heavy (non-hydrogen) atoms. The third-order valence-electron chi connectivity index (χ3n) is 5.33. The summed E-state index contributed by atoms with van der Waals surface area (Å²) < 4.78 is 102. The maximum atomic E-state index is 14.6. The SMILES string of the molecule is Cn1cnc2ccc(Nc3c(F)ccc(NS(=O)(=O)N4CCC(F)(F)C4)c3Cl)c(Cl)c2c1=O.O=C(O)C(F)(F)F. The number of benzene rings is 2. The van der Waals surface area contributed by atoms with Gasteiger partial charge >= 0.3 is 22.4 Å². The molecule has 1 aliphatic rings. The van der Waals surface area contributed by atoms with Crippen molar-refractivity contribution in [2.24, 2.45) is 7.05 Å². The summed E-state index contributed by atoms with van der Waals surface area (Å²) in [5, 5.41) is 9.49. The molecule has 218 valence electrons. The fraction of sp³-hybridized carbons (Fsp3) is 0.286. The van der Waals surface area contributed by atoms with Gasteiger partial charge in [0.25, 0.3) is 11.5 Å². The molecule has 0 saturated carbocycles. The van der Waals surface area contributed by atoms with Crippen molar-refractivity contribution in [2.45, 2.75) is 18.5 Å². The molecular formula is C21H17Cl2F6N5O5S. The van der Waals surface area contributed by atoms with Gasteiger partial charge in [-0.25, -0.2) is 22.9 Å². The molecule has 1 saturated heterocycles. The predicted octanol–water partition coefficient (Wildman–Crippen LogP) is 4.75. The molecule has 19 heteroatoms. The number of rotatable bonds is 5. The standard InChI is InChI=1S/C19H16Cl2F3N5O3S.C2HF3O2/c1-28-9-25-11-4-5-12(15(20)14(11)18(28)30)26-17-10(22)2-3-13(16(17)21)27-33(31,32)29-7-6-19(23,24)8-29;3-2(4,5)1(6)7/h2-5,9,26-27H,6-8H2,1H3;(H,6,7). The molecule has 2 aromatic carbocycles. The lowest BCUT2D eigenvalue weighted by molar-refractivity contribution is -0.192. The van der Waals surface area contributed by atoms with Gasteiger partial charge in [-0.2, -0.15) is 25.9 Å². The van der Waals surface area contributed by atoms with E-state index in [0.29, 0.717) is 9.82 Å². The van der Waals surface area contributed by atoms with E-state index in [1.807, 2.05) is 0 Å². The number of halogens is 8. The minimum Gasteiger partial charge on any atom is -0.475 e. The Labute approximate surface area is 231 Å². The molecule has 0 aliphatic carbocycles. The first kappa shape index (κ1) is 31.3. The van der Waals surface area contributed by atoms with Crippen molar-refractivity contribution in [3.8, 4) is 0 Å². The maximum Gasteiger partial charge on any atom is 0.490 e. The molecule has 3 aromatic rings. The summed E-state index contributed by atoms with van der Waals surface area (Å²) in [4.78, 5) is 25.4. The van der Waals surface area contributed by atoms with Crippen LogP contribution in [0.4, 0.5) is 43.4 Å². The van der Waals surface area contributed by atoms with Crippen molar-refractivity contribution < 1.29 is 44.7 Å². The molecule has 0 amide bonds. The molecule has 0 unspecified atom stereocenters. The summed E-state index contributed by atoms with van der Waals surface area (Å²) >= 11 is 12.6. The molecule has 1 fully saturated rings. The Morgan fingerprint density at radius 3 is 2.27 bits per heavy atom. The summed E-state index contributed by atoms with van der Waals surface area (Å²) in [5.74, 6) is -6.73. The van der Waals surface area contributed by atoms with Crippen molar-refractivity contribution in [1.82, 2.24) is 13.9 Å². The maximum absolute atomic E-state index is 14.6. The van der Waals surface area contributed by atoms with Crippen LogP contribution in [0.25, 0.3) is 10.9 Å². The number of nitrogens with one attached hydrogen (secondary N) is 2. The van der Waals surface area contributed by atoms with E-state index in [9.17, 15) is 39.6 Å². The smallest absolute Gasteiger partial charge is 0.475 e. The van der Waals surface area contributed by atoms with Crippen LogP contribution < -0.4 is 15.6 Å². The molecule has 0 atom stereocenters. The summed E-state index contributed by atoms with van der Waals surface area (Å²) in [6.07, 6.45) is -4.36. The molecule has 3 N–H and O–H groups in total. The number of carboxylic acids is 1. The number of aromatic nitrogens is 2. The molecule has 1 aromatic heterocycles. The Morgan fingerprint density at radius 2 is 1.73 bits per heavy atom. The Kier molecular flexibility index (Phi) is 8.83. The fourth-order valence-corrected chi connectivity index (χ4v) is 5.20. The average molecular weight is 636 g/mol. The Morgan fingerprint density at radius 1 is 1.12 bits per heavy atom. The number of aliphatic carboxylic acids is 1. The number of hydrogen-bond donors (Lipinski definition) is 3. The predicted molar refractivity (Wildman–Crippen MR) is 134 cm³/mol. The lowest BCUT2D eigenvalue weighted by atomic mass is 10.2. The van der Waals surface area contributed by atoms with E-state index >= 15 is 0 Å². The highest BCUT2D eigenvalue weighted by Gasteiger charge is 2.43. The van der Waals surface area contributed by atoms with Crippen LogP contribution in [-0.4, -0.2) is 58.5 Å². The van der Waals surface area contributed by atoms with Gasteiger partial charge in [-0.15, -0.1) is 0 Å². The van der Waals surface area contributed by atoms with Gasteiger partial charge in [0.05, 0.1) is 50.9 Å². The number of fused-ring (bicyclic) bond motifs is 1. The number of hydrogen-bond acceptors (Lipinski definition) is 6. The molecule has 4 rings (SSSR count). The van der Waals surface area contributed by atoms with Crippen LogP contribution >= 0.6 is 23.2 Å². The monoisotopic (exact) mass is 635 g/mol. The minimum atomic E-state index is -5.08. The molecule has 10 nitrogen and oxygen atoms in total. The van der Waals surface area contributed by atoms with E-state index in [-0.39, 0.29) is 39.0 Å². The highest BCUT2D eigenvalue weighted by molar-refractivity contribution is 7.90. The van der Waals surface area contributed by atoms with E-state index in [1.54, 1.807) is 0 Å². The summed E-state index contributed by atoms with van der Waals surface area (Å²) in [6.45, 7) is -1.34. The fourth-order valence-electron chi connectivity index (χ4n) is 3.34. The number of carboxylic acid groups (broad SMARTS) is 1. The van der Waals surface area contributed by atoms with Crippen LogP contribution in [-0.2, 0) is 22.1 Å². The Hall–Kier alpha value is -3.28. The summed E-state index contributed by atoms with van der Waals surface area (Å²) in [7, 11) is -2.87. The zero-order chi connectivity index (χ0) is 30.2.